The van der Waals surface area contributed by atoms with Crippen LogP contribution in [-0.4, -0.2) is 10.9 Å². The lowest BCUT2D eigenvalue weighted by molar-refractivity contribution is -0.116. The van der Waals surface area contributed by atoms with Crippen molar-refractivity contribution in [2.24, 2.45) is 0 Å². The summed E-state index contributed by atoms with van der Waals surface area (Å²) in [6.45, 7) is 1.52. The van der Waals surface area contributed by atoms with E-state index in [0.717, 1.165) is 15.6 Å². The van der Waals surface area contributed by atoms with E-state index in [1.807, 2.05) is 18.2 Å². The highest BCUT2D eigenvalue weighted by molar-refractivity contribution is 9.10. The minimum absolute atomic E-state index is 0.0257. The average molecular weight is 243 g/mol. The van der Waals surface area contributed by atoms with Crippen LogP contribution in [0.1, 0.15) is 18.1 Å². The summed E-state index contributed by atoms with van der Waals surface area (Å²) < 4.78 is 0.920. The zero-order chi connectivity index (χ0) is 9.84. The van der Waals surface area contributed by atoms with Gasteiger partial charge in [-0.3, -0.25) is 4.79 Å². The predicted octanol–water partition coefficient (Wildman–Crippen LogP) is 2.07. The standard InChI is InChI=1S/C10H11BrO2/c1-7(13)4-8-2-3-10(11)5-9(8)6-12/h2-3,5,12H,4,6H2,1H3. The largest absolute Gasteiger partial charge is 0.392 e. The van der Waals surface area contributed by atoms with E-state index in [0.29, 0.717) is 6.42 Å². The molecule has 13 heavy (non-hydrogen) atoms. The highest BCUT2D eigenvalue weighted by atomic mass is 79.9. The molecule has 2 nitrogen and oxygen atoms in total. The number of hydrogen-bond acceptors (Lipinski definition) is 2. The van der Waals surface area contributed by atoms with Gasteiger partial charge in [0, 0.05) is 10.9 Å². The normalized spacial score (nSPS) is 10.1. The first-order chi connectivity index (χ1) is 6.13. The molecule has 0 saturated heterocycles. The molecule has 0 atom stereocenters. The molecule has 3 heteroatoms. The number of aliphatic hydroxyl groups excluding tert-OH is 1. The average Bonchev–Trinajstić information content (AvgIpc) is 2.07. The molecular formula is C10H11BrO2. The van der Waals surface area contributed by atoms with E-state index in [4.69, 9.17) is 5.11 Å². The Kier molecular flexibility index (Phi) is 3.63. The van der Waals surface area contributed by atoms with E-state index >= 15 is 0 Å². The Morgan fingerprint density at radius 3 is 2.69 bits per heavy atom. The lowest BCUT2D eigenvalue weighted by Crippen LogP contribution is -2.00. The Bertz CT molecular complexity index is 321. The number of carbonyl (C=O) groups excluding carboxylic acids is 1. The number of rotatable bonds is 3. The molecule has 0 aromatic heterocycles. The topological polar surface area (TPSA) is 37.3 Å². The molecule has 0 spiro atoms. The van der Waals surface area contributed by atoms with Gasteiger partial charge >= 0.3 is 0 Å². The molecule has 0 saturated carbocycles. The van der Waals surface area contributed by atoms with Gasteiger partial charge < -0.3 is 5.11 Å². The molecule has 0 aliphatic heterocycles. The van der Waals surface area contributed by atoms with Crippen LogP contribution in [0, 0.1) is 0 Å². The maximum absolute atomic E-state index is 10.9. The third kappa shape index (κ3) is 2.94. The van der Waals surface area contributed by atoms with Crippen molar-refractivity contribution in [2.45, 2.75) is 20.0 Å². The highest BCUT2D eigenvalue weighted by Gasteiger charge is 2.04. The van der Waals surface area contributed by atoms with Crippen LogP contribution in [0.5, 0.6) is 0 Å². The van der Waals surface area contributed by atoms with Crippen molar-refractivity contribution in [1.29, 1.82) is 0 Å². The van der Waals surface area contributed by atoms with Gasteiger partial charge in [-0.25, -0.2) is 0 Å². The van der Waals surface area contributed by atoms with Crippen molar-refractivity contribution in [3.63, 3.8) is 0 Å². The summed E-state index contributed by atoms with van der Waals surface area (Å²) >= 11 is 3.31. The van der Waals surface area contributed by atoms with Gasteiger partial charge in [0.15, 0.2) is 0 Å². The lowest BCUT2D eigenvalue weighted by Gasteiger charge is -2.05. The van der Waals surface area contributed by atoms with E-state index < -0.39 is 0 Å². The molecule has 0 radical (unpaired) electrons. The summed E-state index contributed by atoms with van der Waals surface area (Å²) in [7, 11) is 0. The van der Waals surface area contributed by atoms with Gasteiger partial charge in [0.05, 0.1) is 6.61 Å². The fourth-order valence-electron chi connectivity index (χ4n) is 1.18. The van der Waals surface area contributed by atoms with Gasteiger partial charge in [-0.05, 0) is 30.2 Å². The zero-order valence-electron chi connectivity index (χ0n) is 7.38. The maximum Gasteiger partial charge on any atom is 0.134 e. The molecule has 70 valence electrons. The Balaban J connectivity index is 2.99. The molecule has 0 aliphatic carbocycles. The van der Waals surface area contributed by atoms with E-state index in [1.165, 1.54) is 0 Å². The summed E-state index contributed by atoms with van der Waals surface area (Å²) in [6.07, 6.45) is 0.392. The van der Waals surface area contributed by atoms with Gasteiger partial charge in [-0.1, -0.05) is 22.0 Å². The SMILES string of the molecule is CC(=O)Cc1ccc(Br)cc1CO. The molecule has 0 unspecified atom stereocenters. The van der Waals surface area contributed by atoms with Crippen LogP contribution in [0.15, 0.2) is 22.7 Å². The summed E-state index contributed by atoms with van der Waals surface area (Å²) in [5, 5.41) is 9.02. The third-order valence-corrected chi connectivity index (χ3v) is 2.27. The van der Waals surface area contributed by atoms with E-state index in [9.17, 15) is 4.79 Å². The van der Waals surface area contributed by atoms with Crippen LogP contribution in [0.25, 0.3) is 0 Å². The monoisotopic (exact) mass is 242 g/mol. The molecule has 0 heterocycles. The quantitative estimate of drug-likeness (QED) is 0.882. The van der Waals surface area contributed by atoms with Gasteiger partial charge in [0.25, 0.3) is 0 Å². The number of benzene rings is 1. The van der Waals surface area contributed by atoms with Crippen molar-refractivity contribution in [3.8, 4) is 0 Å². The molecule has 1 aromatic carbocycles. The Morgan fingerprint density at radius 2 is 2.15 bits per heavy atom. The molecule has 1 rings (SSSR count). The van der Waals surface area contributed by atoms with Crippen LogP contribution in [0.3, 0.4) is 0 Å². The van der Waals surface area contributed by atoms with Gasteiger partial charge in [-0.15, -0.1) is 0 Å². The minimum atomic E-state index is -0.0257. The van der Waals surface area contributed by atoms with Crippen molar-refractivity contribution < 1.29 is 9.90 Å². The molecule has 1 N–H and O–H groups in total. The molecule has 0 fully saturated rings. The maximum atomic E-state index is 10.9. The fourth-order valence-corrected chi connectivity index (χ4v) is 1.59. The molecule has 1 aromatic rings. The van der Waals surface area contributed by atoms with Crippen LogP contribution < -0.4 is 0 Å². The summed E-state index contributed by atoms with van der Waals surface area (Å²) in [4.78, 5) is 10.9. The Labute approximate surface area is 85.7 Å². The predicted molar refractivity (Wildman–Crippen MR) is 54.4 cm³/mol. The number of hydrogen-bond donors (Lipinski definition) is 1. The van der Waals surface area contributed by atoms with E-state index in [1.54, 1.807) is 6.92 Å². The second-order valence-corrected chi connectivity index (χ2v) is 3.87. The van der Waals surface area contributed by atoms with Crippen molar-refractivity contribution in [3.05, 3.63) is 33.8 Å². The number of ketones is 1. The number of aliphatic hydroxyl groups is 1. The first kappa shape index (κ1) is 10.4. The second kappa shape index (κ2) is 4.53. The first-order valence-electron chi connectivity index (χ1n) is 4.01. The van der Waals surface area contributed by atoms with E-state index in [-0.39, 0.29) is 12.4 Å². The highest BCUT2D eigenvalue weighted by Crippen LogP contribution is 2.17. The van der Waals surface area contributed by atoms with Crippen LogP contribution in [0.2, 0.25) is 0 Å². The summed E-state index contributed by atoms with van der Waals surface area (Å²) in [6, 6.07) is 5.56. The Morgan fingerprint density at radius 1 is 1.46 bits per heavy atom. The van der Waals surface area contributed by atoms with Gasteiger partial charge in [0.2, 0.25) is 0 Å². The second-order valence-electron chi connectivity index (χ2n) is 2.95. The molecule has 0 bridgehead atoms. The fraction of sp³-hybridized carbons (Fsp3) is 0.300. The van der Waals surface area contributed by atoms with Crippen LogP contribution in [-0.2, 0) is 17.8 Å². The van der Waals surface area contributed by atoms with Crippen molar-refractivity contribution in [2.75, 3.05) is 0 Å². The third-order valence-electron chi connectivity index (χ3n) is 1.78. The number of Topliss-reactive ketones (excluding diaryl/α,β-unsaturated/α-hetero) is 1. The summed E-state index contributed by atoms with van der Waals surface area (Å²) in [5.41, 5.74) is 1.71. The Hall–Kier alpha value is -0.670. The van der Waals surface area contributed by atoms with Gasteiger partial charge in [0.1, 0.15) is 5.78 Å². The van der Waals surface area contributed by atoms with Gasteiger partial charge in [-0.2, -0.15) is 0 Å². The van der Waals surface area contributed by atoms with Crippen LogP contribution >= 0.6 is 15.9 Å². The molecular weight excluding hydrogens is 232 g/mol. The van der Waals surface area contributed by atoms with Crippen molar-refractivity contribution >= 4 is 21.7 Å². The van der Waals surface area contributed by atoms with Crippen molar-refractivity contribution in [1.82, 2.24) is 0 Å². The van der Waals surface area contributed by atoms with Crippen LogP contribution in [0.4, 0.5) is 0 Å². The summed E-state index contributed by atoms with van der Waals surface area (Å²) in [5.74, 6) is 0.108. The molecule has 0 amide bonds. The van der Waals surface area contributed by atoms with E-state index in [2.05, 4.69) is 15.9 Å². The molecule has 0 aliphatic rings. The zero-order valence-corrected chi connectivity index (χ0v) is 8.97. The number of halogens is 1. The first-order valence-corrected chi connectivity index (χ1v) is 4.80. The number of carbonyl (C=O) groups is 1. The minimum Gasteiger partial charge on any atom is -0.392 e. The lowest BCUT2D eigenvalue weighted by atomic mass is 10.0. The smallest absolute Gasteiger partial charge is 0.134 e.